The zero-order valence-corrected chi connectivity index (χ0v) is 8.72. The highest BCUT2D eigenvalue weighted by molar-refractivity contribution is 5.44. The molecule has 0 saturated heterocycles. The van der Waals surface area contributed by atoms with Crippen LogP contribution < -0.4 is 4.74 Å². The Morgan fingerprint density at radius 2 is 2.31 bits per heavy atom. The molecule has 0 saturated carbocycles. The van der Waals surface area contributed by atoms with Crippen molar-refractivity contribution >= 4 is 5.69 Å². The largest absolute Gasteiger partial charge is 0.490 e. The van der Waals surface area contributed by atoms with Crippen LogP contribution in [-0.4, -0.2) is 23.3 Å². The molecule has 1 atom stereocenters. The number of nitrogens with zero attached hydrogens (tertiary/aromatic N) is 1. The molecular formula is C10H12FNO4. The van der Waals surface area contributed by atoms with Gasteiger partial charge in [0.1, 0.15) is 19.0 Å². The predicted octanol–water partition coefficient (Wildman–Crippen LogP) is 2.00. The van der Waals surface area contributed by atoms with E-state index in [1.165, 1.54) is 25.1 Å². The Kier molecular flexibility index (Phi) is 4.19. The number of aliphatic hydroxyl groups excluding tert-OH is 1. The normalized spacial score (nSPS) is 12.2. The first-order chi connectivity index (χ1) is 7.56. The molecule has 0 bridgehead atoms. The minimum absolute atomic E-state index is 0.136. The van der Waals surface area contributed by atoms with Gasteiger partial charge in [0, 0.05) is 17.7 Å². The number of rotatable bonds is 5. The lowest BCUT2D eigenvalue weighted by molar-refractivity contribution is -0.385. The highest BCUT2D eigenvalue weighted by Gasteiger charge is 2.15. The first kappa shape index (κ1) is 12.4. The average Bonchev–Trinajstić information content (AvgIpc) is 2.25. The van der Waals surface area contributed by atoms with Gasteiger partial charge in [-0.3, -0.25) is 10.1 Å². The number of halogens is 1. The van der Waals surface area contributed by atoms with Crippen molar-refractivity contribution in [3.63, 3.8) is 0 Å². The first-order valence-electron chi connectivity index (χ1n) is 4.71. The number of nitro benzene ring substituents is 1. The molecule has 1 aromatic carbocycles. The van der Waals surface area contributed by atoms with E-state index in [1.807, 2.05) is 0 Å². The van der Waals surface area contributed by atoms with Gasteiger partial charge in [-0.25, -0.2) is 4.39 Å². The number of hydrogen-bond donors (Lipinski definition) is 1. The number of nitro groups is 1. The average molecular weight is 229 g/mol. The molecule has 0 amide bonds. The maximum Gasteiger partial charge on any atom is 0.270 e. The van der Waals surface area contributed by atoms with Crippen LogP contribution in [0.1, 0.15) is 18.6 Å². The van der Waals surface area contributed by atoms with Crippen LogP contribution in [0, 0.1) is 10.1 Å². The quantitative estimate of drug-likeness (QED) is 0.619. The zero-order valence-electron chi connectivity index (χ0n) is 8.72. The molecule has 0 aliphatic heterocycles. The van der Waals surface area contributed by atoms with E-state index in [4.69, 9.17) is 4.74 Å². The summed E-state index contributed by atoms with van der Waals surface area (Å²) >= 11 is 0. The second-order valence-electron chi connectivity index (χ2n) is 3.19. The van der Waals surface area contributed by atoms with Crippen LogP contribution in [-0.2, 0) is 0 Å². The van der Waals surface area contributed by atoms with Gasteiger partial charge in [0.2, 0.25) is 0 Å². The maximum atomic E-state index is 11.9. The first-order valence-corrected chi connectivity index (χ1v) is 4.71. The molecule has 1 aromatic rings. The van der Waals surface area contributed by atoms with Crippen molar-refractivity contribution in [3.05, 3.63) is 33.9 Å². The maximum absolute atomic E-state index is 11.9. The van der Waals surface area contributed by atoms with E-state index < -0.39 is 17.7 Å². The molecule has 88 valence electrons. The third-order valence-corrected chi connectivity index (χ3v) is 1.99. The lowest BCUT2D eigenvalue weighted by Crippen LogP contribution is -2.04. The third-order valence-electron chi connectivity index (χ3n) is 1.99. The zero-order chi connectivity index (χ0) is 12.1. The van der Waals surface area contributed by atoms with Crippen molar-refractivity contribution in [2.45, 2.75) is 13.0 Å². The van der Waals surface area contributed by atoms with Gasteiger partial charge < -0.3 is 9.84 Å². The summed E-state index contributed by atoms with van der Waals surface area (Å²) in [5, 5.41) is 19.9. The topological polar surface area (TPSA) is 72.6 Å². The molecule has 0 aliphatic rings. The van der Waals surface area contributed by atoms with Crippen LogP contribution in [0.5, 0.6) is 5.75 Å². The van der Waals surface area contributed by atoms with E-state index >= 15 is 0 Å². The summed E-state index contributed by atoms with van der Waals surface area (Å²) < 4.78 is 16.9. The molecular weight excluding hydrogens is 217 g/mol. The number of aliphatic hydroxyl groups is 1. The van der Waals surface area contributed by atoms with Gasteiger partial charge in [-0.05, 0) is 13.0 Å². The highest BCUT2D eigenvalue weighted by atomic mass is 19.1. The minimum Gasteiger partial charge on any atom is -0.490 e. The van der Waals surface area contributed by atoms with Gasteiger partial charge in [-0.15, -0.1) is 0 Å². The SMILES string of the molecule is C[C@H](O)c1cc([N+](=O)[O-])ccc1OCCF. The summed E-state index contributed by atoms with van der Waals surface area (Å²) in [6.45, 7) is 0.662. The van der Waals surface area contributed by atoms with Crippen molar-refractivity contribution in [2.24, 2.45) is 0 Å². The van der Waals surface area contributed by atoms with Gasteiger partial charge in [-0.1, -0.05) is 0 Å². The molecule has 5 nitrogen and oxygen atoms in total. The molecule has 0 spiro atoms. The molecule has 0 aliphatic carbocycles. The van der Waals surface area contributed by atoms with Gasteiger partial charge >= 0.3 is 0 Å². The standard InChI is InChI=1S/C10H12FNO4/c1-7(13)9-6-8(12(14)15)2-3-10(9)16-5-4-11/h2-3,6-7,13H,4-5H2,1H3/t7-/m0/s1. The molecule has 0 fully saturated rings. The monoisotopic (exact) mass is 229 g/mol. The van der Waals surface area contributed by atoms with Crippen LogP contribution in [0.4, 0.5) is 10.1 Å². The van der Waals surface area contributed by atoms with Crippen LogP contribution in [0.2, 0.25) is 0 Å². The van der Waals surface area contributed by atoms with Gasteiger partial charge in [0.25, 0.3) is 5.69 Å². The lowest BCUT2D eigenvalue weighted by atomic mass is 10.1. The van der Waals surface area contributed by atoms with Gasteiger partial charge in [0.15, 0.2) is 0 Å². The Morgan fingerprint density at radius 3 is 2.81 bits per heavy atom. The van der Waals surface area contributed by atoms with Crippen LogP contribution in [0.15, 0.2) is 18.2 Å². The fourth-order valence-electron chi connectivity index (χ4n) is 1.26. The summed E-state index contributed by atoms with van der Waals surface area (Å²) in [7, 11) is 0. The summed E-state index contributed by atoms with van der Waals surface area (Å²) in [5.41, 5.74) is 0.145. The lowest BCUT2D eigenvalue weighted by Gasteiger charge is -2.12. The molecule has 0 heterocycles. The molecule has 1 rings (SSSR count). The number of ether oxygens (including phenoxy) is 1. The second kappa shape index (κ2) is 5.41. The molecule has 6 heteroatoms. The van der Waals surface area contributed by atoms with Crippen LogP contribution in [0.3, 0.4) is 0 Å². The summed E-state index contributed by atoms with van der Waals surface area (Å²) in [6.07, 6.45) is -0.908. The Labute approximate surface area is 91.6 Å². The smallest absolute Gasteiger partial charge is 0.270 e. The Morgan fingerprint density at radius 1 is 1.62 bits per heavy atom. The number of hydrogen-bond acceptors (Lipinski definition) is 4. The van der Waals surface area contributed by atoms with Gasteiger partial charge in [0.05, 0.1) is 11.0 Å². The van der Waals surface area contributed by atoms with Crippen LogP contribution in [0.25, 0.3) is 0 Å². The Hall–Kier alpha value is -1.69. The van der Waals surface area contributed by atoms with E-state index in [0.717, 1.165) is 0 Å². The van der Waals surface area contributed by atoms with Crippen molar-refractivity contribution < 1.29 is 19.2 Å². The molecule has 0 unspecified atom stereocenters. The summed E-state index contributed by atoms with van der Waals surface area (Å²) in [6, 6.07) is 3.83. The van der Waals surface area contributed by atoms with E-state index in [2.05, 4.69) is 0 Å². The summed E-state index contributed by atoms with van der Waals surface area (Å²) in [4.78, 5) is 9.96. The minimum atomic E-state index is -0.908. The van der Waals surface area contributed by atoms with E-state index in [0.29, 0.717) is 0 Å². The summed E-state index contributed by atoms with van der Waals surface area (Å²) in [5.74, 6) is 0.262. The predicted molar refractivity (Wildman–Crippen MR) is 55.2 cm³/mol. The fourth-order valence-corrected chi connectivity index (χ4v) is 1.26. The van der Waals surface area contributed by atoms with E-state index in [1.54, 1.807) is 0 Å². The van der Waals surface area contributed by atoms with Crippen molar-refractivity contribution in [2.75, 3.05) is 13.3 Å². The second-order valence-corrected chi connectivity index (χ2v) is 3.19. The Bertz CT molecular complexity index is 381. The molecule has 1 N–H and O–H groups in total. The van der Waals surface area contributed by atoms with Gasteiger partial charge in [-0.2, -0.15) is 0 Å². The number of non-ortho nitro benzene ring substituents is 1. The molecule has 0 radical (unpaired) electrons. The van der Waals surface area contributed by atoms with Crippen molar-refractivity contribution in [1.82, 2.24) is 0 Å². The number of alkyl halides is 1. The van der Waals surface area contributed by atoms with Crippen LogP contribution >= 0.6 is 0 Å². The fraction of sp³-hybridized carbons (Fsp3) is 0.400. The van der Waals surface area contributed by atoms with E-state index in [-0.39, 0.29) is 23.6 Å². The Balaban J connectivity index is 3.04. The highest BCUT2D eigenvalue weighted by Crippen LogP contribution is 2.29. The molecule has 0 aromatic heterocycles. The van der Waals surface area contributed by atoms with Crippen molar-refractivity contribution in [3.8, 4) is 5.75 Å². The third kappa shape index (κ3) is 2.90. The molecule has 16 heavy (non-hydrogen) atoms. The number of benzene rings is 1. The van der Waals surface area contributed by atoms with E-state index in [9.17, 15) is 19.6 Å². The van der Waals surface area contributed by atoms with Crippen molar-refractivity contribution in [1.29, 1.82) is 0 Å².